The van der Waals surface area contributed by atoms with E-state index < -0.39 is 11.6 Å². The molecule has 2 aromatic carbocycles. The number of rotatable bonds is 8. The van der Waals surface area contributed by atoms with Gasteiger partial charge in [-0.2, -0.15) is 0 Å². The van der Waals surface area contributed by atoms with Crippen LogP contribution in [0.2, 0.25) is 0 Å². The molecule has 2 aromatic rings. The highest BCUT2D eigenvalue weighted by Crippen LogP contribution is 2.41. The van der Waals surface area contributed by atoms with Crippen LogP contribution < -0.4 is 0 Å². The molecule has 2 aliphatic carbocycles. The standard InChI is InChI=1S/C30H40F2/c1-3-5-6-21-7-9-22(10-8-21)11-12-23-13-15-25(16-14-23)26-17-18-27-19-24(4-2)29(31)30(32)28(27)20-26/h3,17-23,25H,1,4-16H2,2H3. The molecule has 2 saturated carbocycles. The summed E-state index contributed by atoms with van der Waals surface area (Å²) >= 11 is 0. The van der Waals surface area contributed by atoms with Crippen LogP contribution in [0, 0.1) is 29.4 Å². The third-order valence-corrected chi connectivity index (χ3v) is 8.55. The summed E-state index contributed by atoms with van der Waals surface area (Å²) in [5.74, 6) is 1.88. The summed E-state index contributed by atoms with van der Waals surface area (Å²) in [4.78, 5) is 0. The minimum atomic E-state index is -0.672. The Bertz CT molecular complexity index is 899. The molecule has 0 amide bonds. The Morgan fingerprint density at radius 1 is 0.812 bits per heavy atom. The maximum atomic E-state index is 14.6. The van der Waals surface area contributed by atoms with Crippen LogP contribution in [-0.2, 0) is 6.42 Å². The second kappa shape index (κ2) is 10.9. The van der Waals surface area contributed by atoms with E-state index in [2.05, 4.69) is 18.7 Å². The van der Waals surface area contributed by atoms with Gasteiger partial charge in [-0.1, -0.05) is 63.7 Å². The monoisotopic (exact) mass is 438 g/mol. The normalized spacial score (nSPS) is 26.3. The van der Waals surface area contributed by atoms with Crippen LogP contribution in [0.25, 0.3) is 10.8 Å². The van der Waals surface area contributed by atoms with Crippen LogP contribution in [0.1, 0.15) is 101 Å². The van der Waals surface area contributed by atoms with Gasteiger partial charge in [-0.15, -0.1) is 6.58 Å². The zero-order valence-electron chi connectivity index (χ0n) is 19.9. The second-order valence-electron chi connectivity index (χ2n) is 10.5. The summed E-state index contributed by atoms with van der Waals surface area (Å²) in [6, 6.07) is 7.86. The van der Waals surface area contributed by atoms with Crippen molar-refractivity contribution in [1.29, 1.82) is 0 Å². The van der Waals surface area contributed by atoms with Crippen LogP contribution in [0.15, 0.2) is 36.9 Å². The molecule has 0 nitrogen and oxygen atoms in total. The summed E-state index contributed by atoms with van der Waals surface area (Å²) in [5.41, 5.74) is 1.66. The lowest BCUT2D eigenvalue weighted by Gasteiger charge is -2.32. The number of fused-ring (bicyclic) bond motifs is 1. The number of hydrogen-bond donors (Lipinski definition) is 0. The van der Waals surface area contributed by atoms with E-state index in [0.29, 0.717) is 23.3 Å². The highest BCUT2D eigenvalue weighted by Gasteiger charge is 2.26. The van der Waals surface area contributed by atoms with E-state index in [1.54, 1.807) is 6.07 Å². The summed E-state index contributed by atoms with van der Waals surface area (Å²) in [6.45, 7) is 5.73. The van der Waals surface area contributed by atoms with Crippen molar-refractivity contribution in [3.8, 4) is 0 Å². The lowest BCUT2D eigenvalue weighted by Crippen LogP contribution is -2.17. The predicted octanol–water partition coefficient (Wildman–Crippen LogP) is 9.51. The van der Waals surface area contributed by atoms with Crippen molar-refractivity contribution in [3.63, 3.8) is 0 Å². The zero-order chi connectivity index (χ0) is 22.5. The van der Waals surface area contributed by atoms with Crippen LogP contribution >= 0.6 is 0 Å². The molecule has 0 N–H and O–H groups in total. The van der Waals surface area contributed by atoms with E-state index in [4.69, 9.17) is 0 Å². The quantitative estimate of drug-likeness (QED) is 0.360. The maximum Gasteiger partial charge on any atom is 0.166 e. The molecule has 32 heavy (non-hydrogen) atoms. The molecule has 4 rings (SSSR count). The molecule has 2 fully saturated rings. The van der Waals surface area contributed by atoms with Crippen LogP contribution in [0.4, 0.5) is 8.78 Å². The van der Waals surface area contributed by atoms with Crippen molar-refractivity contribution >= 4 is 10.8 Å². The van der Waals surface area contributed by atoms with E-state index in [1.165, 1.54) is 82.6 Å². The van der Waals surface area contributed by atoms with E-state index >= 15 is 0 Å². The molecule has 0 saturated heterocycles. The third kappa shape index (κ3) is 5.43. The fraction of sp³-hybridized carbons (Fsp3) is 0.600. The first-order valence-electron chi connectivity index (χ1n) is 13.1. The van der Waals surface area contributed by atoms with Crippen molar-refractivity contribution < 1.29 is 8.78 Å². The largest absolute Gasteiger partial charge is 0.203 e. The molecule has 0 radical (unpaired) electrons. The molecule has 0 heterocycles. The predicted molar refractivity (Wildman–Crippen MR) is 132 cm³/mol. The highest BCUT2D eigenvalue weighted by atomic mass is 19.2. The molecular formula is C30H40F2. The zero-order valence-corrected chi connectivity index (χ0v) is 19.9. The molecule has 0 aromatic heterocycles. The Kier molecular flexibility index (Phi) is 8.02. The Morgan fingerprint density at radius 3 is 2.00 bits per heavy atom. The second-order valence-corrected chi connectivity index (χ2v) is 10.5. The molecule has 2 heteroatoms. The fourth-order valence-corrected chi connectivity index (χ4v) is 6.33. The van der Waals surface area contributed by atoms with E-state index in [-0.39, 0.29) is 0 Å². The van der Waals surface area contributed by atoms with Gasteiger partial charge in [0.05, 0.1) is 0 Å². The molecule has 0 aliphatic heterocycles. The number of allylic oxidation sites excluding steroid dienone is 1. The first-order chi connectivity index (χ1) is 15.6. The summed E-state index contributed by atoms with van der Waals surface area (Å²) in [7, 11) is 0. The highest BCUT2D eigenvalue weighted by molar-refractivity contribution is 5.84. The Balaban J connectivity index is 1.27. The van der Waals surface area contributed by atoms with Crippen molar-refractivity contribution in [1.82, 2.24) is 0 Å². The number of aryl methyl sites for hydroxylation is 1. The summed E-state index contributed by atoms with van der Waals surface area (Å²) in [5, 5.41) is 1.26. The fourth-order valence-electron chi connectivity index (χ4n) is 6.33. The van der Waals surface area contributed by atoms with Crippen molar-refractivity contribution in [2.45, 2.75) is 96.3 Å². The van der Waals surface area contributed by atoms with E-state index in [1.807, 2.05) is 19.1 Å². The first kappa shape index (κ1) is 23.5. The molecule has 2 aliphatic rings. The molecule has 0 spiro atoms. The number of benzene rings is 2. The van der Waals surface area contributed by atoms with Gasteiger partial charge in [0.25, 0.3) is 0 Å². The first-order valence-corrected chi connectivity index (χ1v) is 13.1. The van der Waals surface area contributed by atoms with Gasteiger partial charge >= 0.3 is 0 Å². The summed E-state index contributed by atoms with van der Waals surface area (Å²) < 4.78 is 28.9. The molecule has 0 bridgehead atoms. The van der Waals surface area contributed by atoms with Crippen molar-refractivity contribution in [3.05, 3.63) is 59.7 Å². The van der Waals surface area contributed by atoms with Gasteiger partial charge in [-0.3, -0.25) is 0 Å². The Morgan fingerprint density at radius 2 is 1.41 bits per heavy atom. The third-order valence-electron chi connectivity index (χ3n) is 8.55. The lowest BCUT2D eigenvalue weighted by molar-refractivity contribution is 0.225. The number of halogens is 2. The van der Waals surface area contributed by atoms with Gasteiger partial charge in [0.15, 0.2) is 11.6 Å². The molecule has 0 atom stereocenters. The maximum absolute atomic E-state index is 14.6. The minimum absolute atomic E-state index is 0.447. The van der Waals surface area contributed by atoms with Gasteiger partial charge in [0, 0.05) is 5.39 Å². The van der Waals surface area contributed by atoms with Crippen LogP contribution in [0.3, 0.4) is 0 Å². The Labute approximate surface area is 193 Å². The van der Waals surface area contributed by atoms with Gasteiger partial charge in [0.2, 0.25) is 0 Å². The van der Waals surface area contributed by atoms with E-state index in [9.17, 15) is 8.78 Å². The summed E-state index contributed by atoms with van der Waals surface area (Å²) in [6.07, 6.45) is 18.5. The average Bonchev–Trinajstić information content (AvgIpc) is 2.84. The molecule has 174 valence electrons. The smallest absolute Gasteiger partial charge is 0.166 e. The van der Waals surface area contributed by atoms with Crippen molar-refractivity contribution in [2.24, 2.45) is 17.8 Å². The average molecular weight is 439 g/mol. The lowest BCUT2D eigenvalue weighted by atomic mass is 9.74. The van der Waals surface area contributed by atoms with Gasteiger partial charge in [0.1, 0.15) is 0 Å². The SMILES string of the molecule is C=CCCC1CCC(CCC2CCC(c3ccc4cc(CC)c(F)c(F)c4c3)CC2)CC1. The van der Waals surface area contributed by atoms with Gasteiger partial charge in [-0.05, 0) is 97.3 Å². The topological polar surface area (TPSA) is 0 Å². The van der Waals surface area contributed by atoms with Gasteiger partial charge < -0.3 is 0 Å². The number of hydrogen-bond acceptors (Lipinski definition) is 0. The van der Waals surface area contributed by atoms with Crippen LogP contribution in [0.5, 0.6) is 0 Å². The van der Waals surface area contributed by atoms with Gasteiger partial charge in [-0.25, -0.2) is 8.78 Å². The minimum Gasteiger partial charge on any atom is -0.203 e. The molecular weight excluding hydrogens is 398 g/mol. The van der Waals surface area contributed by atoms with E-state index in [0.717, 1.165) is 23.1 Å². The Hall–Kier alpha value is -1.70. The molecule has 0 unspecified atom stereocenters. The van der Waals surface area contributed by atoms with Crippen LogP contribution in [-0.4, -0.2) is 0 Å². The van der Waals surface area contributed by atoms with Crippen molar-refractivity contribution in [2.75, 3.05) is 0 Å².